The molecule has 0 amide bonds. The first-order valence-electron chi connectivity index (χ1n) is 7.27. The number of carbonyl (C=O) groups is 1. The molecule has 2 aromatic carbocycles. The predicted molar refractivity (Wildman–Crippen MR) is 92.4 cm³/mol. The second-order valence-corrected chi connectivity index (χ2v) is 7.27. The molecule has 0 saturated heterocycles. The molecule has 2 aromatic rings. The molecule has 0 aliphatic rings. The minimum absolute atomic E-state index is 0.00779. The second-order valence-electron chi connectivity index (χ2n) is 5.13. The number of nitrogens with zero attached hydrogens (tertiary/aromatic N) is 1. The highest BCUT2D eigenvalue weighted by Crippen LogP contribution is 2.23. The quantitative estimate of drug-likeness (QED) is 0.779. The van der Waals surface area contributed by atoms with Crippen molar-refractivity contribution in [3.63, 3.8) is 0 Å². The first kappa shape index (κ1) is 18.9. The van der Waals surface area contributed by atoms with E-state index in [1.165, 1.54) is 19.1 Å². The lowest BCUT2D eigenvalue weighted by atomic mass is 10.2. The summed E-state index contributed by atoms with van der Waals surface area (Å²) in [6.45, 7) is 1.49. The van der Waals surface area contributed by atoms with Gasteiger partial charge < -0.3 is 4.74 Å². The maximum atomic E-state index is 12.5. The number of nitrogens with one attached hydrogen (secondary N) is 1. The van der Waals surface area contributed by atoms with Gasteiger partial charge in [-0.25, -0.2) is 17.9 Å². The van der Waals surface area contributed by atoms with Gasteiger partial charge in [-0.1, -0.05) is 41.9 Å². The van der Waals surface area contributed by atoms with Crippen molar-refractivity contribution in [3.8, 4) is 6.07 Å². The van der Waals surface area contributed by atoms with Crippen LogP contribution in [0.15, 0.2) is 53.4 Å². The van der Waals surface area contributed by atoms with Crippen molar-refractivity contribution in [1.29, 1.82) is 5.26 Å². The Hall–Kier alpha value is -2.40. The fourth-order valence-corrected chi connectivity index (χ4v) is 3.48. The van der Waals surface area contributed by atoms with E-state index in [1.54, 1.807) is 30.3 Å². The largest absolute Gasteiger partial charge is 0.444 e. The van der Waals surface area contributed by atoms with Crippen LogP contribution in [0, 0.1) is 11.3 Å². The fourth-order valence-electron chi connectivity index (χ4n) is 1.94. The second kappa shape index (κ2) is 8.12. The van der Waals surface area contributed by atoms with Gasteiger partial charge in [-0.15, -0.1) is 0 Å². The van der Waals surface area contributed by atoms with Crippen LogP contribution in [0.25, 0.3) is 0 Å². The normalized spacial score (nSPS) is 12.2. The molecule has 0 aliphatic heterocycles. The monoisotopic (exact) mass is 378 g/mol. The van der Waals surface area contributed by atoms with Crippen LogP contribution in [0.5, 0.6) is 0 Å². The molecule has 130 valence electrons. The van der Waals surface area contributed by atoms with E-state index in [4.69, 9.17) is 21.6 Å². The Labute approximate surface area is 151 Å². The van der Waals surface area contributed by atoms with E-state index < -0.39 is 22.1 Å². The third-order valence-electron chi connectivity index (χ3n) is 3.23. The molecule has 6 nitrogen and oxygen atoms in total. The summed E-state index contributed by atoms with van der Waals surface area (Å²) in [5, 5.41) is 8.66. The van der Waals surface area contributed by atoms with Gasteiger partial charge in [-0.3, -0.25) is 0 Å². The van der Waals surface area contributed by atoms with Crippen LogP contribution >= 0.6 is 11.6 Å². The summed E-state index contributed by atoms with van der Waals surface area (Å²) in [4.78, 5) is 11.7. The number of nitriles is 1. The van der Waals surface area contributed by atoms with E-state index in [0.29, 0.717) is 0 Å². The number of hydrogen-bond donors (Lipinski definition) is 1. The van der Waals surface area contributed by atoms with E-state index in [1.807, 2.05) is 6.07 Å². The highest BCUT2D eigenvalue weighted by atomic mass is 35.5. The van der Waals surface area contributed by atoms with Gasteiger partial charge in [0.2, 0.25) is 10.0 Å². The summed E-state index contributed by atoms with van der Waals surface area (Å²) in [7, 11) is -3.93. The van der Waals surface area contributed by atoms with Crippen LogP contribution in [0.1, 0.15) is 22.8 Å². The number of carbonyl (C=O) groups excluding carboxylic acids is 1. The van der Waals surface area contributed by atoms with Crippen molar-refractivity contribution in [1.82, 2.24) is 4.72 Å². The zero-order chi connectivity index (χ0) is 18.4. The van der Waals surface area contributed by atoms with E-state index in [2.05, 4.69) is 4.72 Å². The molecule has 8 heteroatoms. The summed E-state index contributed by atoms with van der Waals surface area (Å²) in [6.07, 6.45) is -0.945. The molecule has 2 rings (SSSR count). The van der Waals surface area contributed by atoms with Gasteiger partial charge in [0.05, 0.1) is 10.6 Å². The van der Waals surface area contributed by atoms with Gasteiger partial charge in [-0.05, 0) is 30.7 Å². The smallest absolute Gasteiger partial charge is 0.339 e. The molecule has 0 radical (unpaired) electrons. The average molecular weight is 379 g/mol. The summed E-state index contributed by atoms with van der Waals surface area (Å²) in [6, 6.07) is 14.5. The van der Waals surface area contributed by atoms with Gasteiger partial charge >= 0.3 is 5.97 Å². The van der Waals surface area contributed by atoms with Gasteiger partial charge in [-0.2, -0.15) is 5.26 Å². The molecule has 1 N–H and O–H groups in total. The first-order valence-corrected chi connectivity index (χ1v) is 9.13. The minimum Gasteiger partial charge on any atom is -0.444 e. The van der Waals surface area contributed by atoms with Crippen molar-refractivity contribution in [2.24, 2.45) is 0 Å². The molecule has 1 atom stereocenters. The van der Waals surface area contributed by atoms with Crippen LogP contribution in [0.2, 0.25) is 5.02 Å². The number of hydrogen-bond acceptors (Lipinski definition) is 5. The fraction of sp³-hybridized carbons (Fsp3) is 0.176. The van der Waals surface area contributed by atoms with Gasteiger partial charge in [0, 0.05) is 6.54 Å². The van der Waals surface area contributed by atoms with Gasteiger partial charge in [0.15, 0.2) is 6.10 Å². The molecular weight excluding hydrogens is 364 g/mol. The molecule has 25 heavy (non-hydrogen) atoms. The third kappa shape index (κ3) is 5.03. The standard InChI is InChI=1S/C17H15ClN2O4S/c1-12(10-19)24-17(21)14-7-8-15(18)16(9-14)25(22,23)20-11-13-5-3-2-4-6-13/h2-9,12,20H,11H2,1H3/t12-/m0/s1. The Morgan fingerprint density at radius 1 is 1.28 bits per heavy atom. The van der Waals surface area contributed by atoms with Crippen molar-refractivity contribution >= 4 is 27.6 Å². The Balaban J connectivity index is 2.23. The molecule has 0 saturated carbocycles. The Morgan fingerprint density at radius 2 is 1.96 bits per heavy atom. The van der Waals surface area contributed by atoms with E-state index in [9.17, 15) is 13.2 Å². The van der Waals surface area contributed by atoms with Crippen LogP contribution < -0.4 is 4.72 Å². The molecule has 0 fully saturated rings. The van der Waals surface area contributed by atoms with Crippen molar-refractivity contribution in [2.45, 2.75) is 24.5 Å². The Bertz CT molecular complexity index is 908. The van der Waals surface area contributed by atoms with E-state index in [0.717, 1.165) is 11.6 Å². The number of rotatable bonds is 6. The number of ether oxygens (including phenoxy) is 1. The molecule has 0 unspecified atom stereocenters. The Morgan fingerprint density at radius 3 is 2.60 bits per heavy atom. The maximum Gasteiger partial charge on any atom is 0.339 e. The lowest BCUT2D eigenvalue weighted by Gasteiger charge is -2.11. The first-order chi connectivity index (χ1) is 11.8. The molecule has 0 spiro atoms. The van der Waals surface area contributed by atoms with Crippen LogP contribution in [-0.4, -0.2) is 20.5 Å². The average Bonchev–Trinajstić information content (AvgIpc) is 2.61. The highest BCUT2D eigenvalue weighted by Gasteiger charge is 2.21. The zero-order valence-electron chi connectivity index (χ0n) is 13.3. The minimum atomic E-state index is -3.93. The maximum absolute atomic E-state index is 12.5. The summed E-state index contributed by atoms with van der Waals surface area (Å²) >= 11 is 5.98. The predicted octanol–water partition coefficient (Wildman–Crippen LogP) is 2.89. The van der Waals surface area contributed by atoms with Gasteiger partial charge in [0.25, 0.3) is 0 Å². The van der Waals surface area contributed by atoms with Crippen LogP contribution in [0.3, 0.4) is 0 Å². The van der Waals surface area contributed by atoms with Crippen LogP contribution in [-0.2, 0) is 21.3 Å². The SMILES string of the molecule is C[C@@H](C#N)OC(=O)c1ccc(Cl)c(S(=O)(=O)NCc2ccccc2)c1. The van der Waals surface area contributed by atoms with E-state index >= 15 is 0 Å². The highest BCUT2D eigenvalue weighted by molar-refractivity contribution is 7.89. The third-order valence-corrected chi connectivity index (χ3v) is 5.11. The zero-order valence-corrected chi connectivity index (χ0v) is 14.8. The van der Waals surface area contributed by atoms with Crippen molar-refractivity contribution < 1.29 is 17.9 Å². The molecule has 0 aromatic heterocycles. The number of benzene rings is 2. The molecule has 0 bridgehead atoms. The molecular formula is C17H15ClN2O4S. The van der Waals surface area contributed by atoms with Crippen molar-refractivity contribution in [3.05, 3.63) is 64.7 Å². The Kier molecular flexibility index (Phi) is 6.15. The number of sulfonamides is 1. The summed E-state index contributed by atoms with van der Waals surface area (Å²) in [5.41, 5.74) is 0.771. The number of esters is 1. The lowest BCUT2D eigenvalue weighted by molar-refractivity contribution is 0.0435. The summed E-state index contributed by atoms with van der Waals surface area (Å²) < 4.78 is 32.3. The topological polar surface area (TPSA) is 96.3 Å². The number of halogens is 1. The molecule has 0 aliphatic carbocycles. The lowest BCUT2D eigenvalue weighted by Crippen LogP contribution is -2.24. The van der Waals surface area contributed by atoms with Gasteiger partial charge in [0.1, 0.15) is 11.0 Å². The van der Waals surface area contributed by atoms with E-state index in [-0.39, 0.29) is 22.0 Å². The molecule has 0 heterocycles. The van der Waals surface area contributed by atoms with Crippen LogP contribution in [0.4, 0.5) is 0 Å². The summed E-state index contributed by atoms with van der Waals surface area (Å²) in [5.74, 6) is -0.801. The van der Waals surface area contributed by atoms with Crippen molar-refractivity contribution in [2.75, 3.05) is 0 Å².